The Morgan fingerprint density at radius 2 is 1.77 bits per heavy atom. The van der Waals surface area contributed by atoms with Crippen LogP contribution >= 0.6 is 23.4 Å². The van der Waals surface area contributed by atoms with E-state index < -0.39 is 29.3 Å². The lowest BCUT2D eigenvalue weighted by atomic mass is 9.81. The normalized spacial score (nSPS) is 27.2. The molecule has 0 aromatic heterocycles. The molecule has 2 aromatic rings. The summed E-state index contributed by atoms with van der Waals surface area (Å²) >= 11 is 7.56. The van der Waals surface area contributed by atoms with Gasteiger partial charge >= 0.3 is 0 Å². The third-order valence-electron chi connectivity index (χ3n) is 10.3. The molecule has 0 aliphatic carbocycles. The molecular formula is C36H42ClF2N5O3S. The summed E-state index contributed by atoms with van der Waals surface area (Å²) in [5.41, 5.74) is 1.13. The first-order valence-electron chi connectivity index (χ1n) is 16.7. The molecule has 0 radical (unpaired) electrons. The molecule has 0 bridgehead atoms. The molecule has 8 nitrogen and oxygen atoms in total. The van der Waals surface area contributed by atoms with Gasteiger partial charge in [-0.15, -0.1) is 0 Å². The maximum absolute atomic E-state index is 14.8. The first-order valence-corrected chi connectivity index (χ1v) is 17.9. The second-order valence-corrected chi connectivity index (χ2v) is 15.1. The Labute approximate surface area is 290 Å². The van der Waals surface area contributed by atoms with E-state index in [1.165, 1.54) is 17.8 Å². The van der Waals surface area contributed by atoms with Crippen LogP contribution in [0.1, 0.15) is 78.0 Å². The number of benzene rings is 2. The van der Waals surface area contributed by atoms with Crippen LogP contribution in [0.5, 0.6) is 0 Å². The van der Waals surface area contributed by atoms with Crippen molar-refractivity contribution in [3.8, 4) is 0 Å². The summed E-state index contributed by atoms with van der Waals surface area (Å²) in [5.74, 6) is -2.27. The molecule has 0 N–H and O–H groups in total. The fourth-order valence-corrected chi connectivity index (χ4v) is 9.35. The zero-order valence-electron chi connectivity index (χ0n) is 28.2. The number of amidine groups is 1. The summed E-state index contributed by atoms with van der Waals surface area (Å²) in [4.78, 5) is 54.1. The maximum atomic E-state index is 14.8. The molecule has 2 fully saturated rings. The second kappa shape index (κ2) is 13.1. The summed E-state index contributed by atoms with van der Waals surface area (Å²) in [6.45, 7) is 12.8. The van der Waals surface area contributed by atoms with Gasteiger partial charge in [0.25, 0.3) is 5.91 Å². The van der Waals surface area contributed by atoms with Crippen LogP contribution in [0.2, 0.25) is 5.02 Å². The van der Waals surface area contributed by atoms with Crippen molar-refractivity contribution >= 4 is 46.3 Å². The van der Waals surface area contributed by atoms with Gasteiger partial charge in [-0.25, -0.2) is 13.8 Å². The Morgan fingerprint density at radius 1 is 1.06 bits per heavy atom. The Hall–Kier alpha value is -3.44. The van der Waals surface area contributed by atoms with Crippen molar-refractivity contribution in [2.75, 3.05) is 19.6 Å². The van der Waals surface area contributed by atoms with Gasteiger partial charge in [-0.05, 0) is 86.2 Å². The maximum Gasteiger partial charge on any atom is 0.263 e. The summed E-state index contributed by atoms with van der Waals surface area (Å²) in [7, 11) is 0. The van der Waals surface area contributed by atoms with E-state index in [1.54, 1.807) is 39.8 Å². The Bertz CT molecular complexity index is 1700. The molecule has 4 aliphatic heterocycles. The third-order valence-corrected chi connectivity index (χ3v) is 11.6. The van der Waals surface area contributed by atoms with Crippen molar-refractivity contribution in [2.24, 2.45) is 10.9 Å². The van der Waals surface area contributed by atoms with Crippen LogP contribution in [-0.2, 0) is 19.9 Å². The van der Waals surface area contributed by atoms with Gasteiger partial charge in [0.05, 0.1) is 6.04 Å². The van der Waals surface area contributed by atoms with E-state index in [2.05, 4.69) is 4.90 Å². The highest BCUT2D eigenvalue weighted by atomic mass is 35.5. The molecule has 2 saturated heterocycles. The highest BCUT2D eigenvalue weighted by molar-refractivity contribution is 8.18. The monoisotopic (exact) mass is 697 g/mol. The highest BCUT2D eigenvalue weighted by Crippen LogP contribution is 2.56. The molecule has 4 unspecified atom stereocenters. The topological polar surface area (TPSA) is 76.5 Å². The number of allylic oxidation sites excluding steroid dienone is 1. The van der Waals surface area contributed by atoms with Crippen LogP contribution in [0.15, 0.2) is 58.1 Å². The number of rotatable bonds is 6. The number of nitrogens with zero attached hydrogens (tertiary/aromatic N) is 5. The molecule has 256 valence electrons. The van der Waals surface area contributed by atoms with Crippen molar-refractivity contribution in [1.29, 1.82) is 0 Å². The minimum atomic E-state index is -1.02. The summed E-state index contributed by atoms with van der Waals surface area (Å²) < 4.78 is 28.7. The van der Waals surface area contributed by atoms with Crippen LogP contribution in [-0.4, -0.2) is 80.2 Å². The largest absolute Gasteiger partial charge is 0.337 e. The molecule has 2 aromatic carbocycles. The number of piperazine rings is 1. The van der Waals surface area contributed by atoms with Crippen LogP contribution in [0.25, 0.3) is 0 Å². The van der Waals surface area contributed by atoms with Crippen molar-refractivity contribution in [1.82, 2.24) is 19.6 Å². The fourth-order valence-electron chi connectivity index (χ4n) is 7.88. The number of hydrogen-bond donors (Lipinski definition) is 0. The lowest BCUT2D eigenvalue weighted by Crippen LogP contribution is -2.58. The molecular weight excluding hydrogens is 656 g/mol. The average Bonchev–Trinajstić information content (AvgIpc) is 3.72. The highest BCUT2D eigenvalue weighted by Gasteiger charge is 2.55. The van der Waals surface area contributed by atoms with Crippen LogP contribution in [0.3, 0.4) is 0 Å². The van der Waals surface area contributed by atoms with Gasteiger partial charge in [0.15, 0.2) is 16.8 Å². The van der Waals surface area contributed by atoms with Crippen LogP contribution in [0, 0.1) is 17.6 Å². The number of fused-ring (bicyclic) bond motifs is 1. The Balaban J connectivity index is 1.38. The number of halogens is 3. The molecule has 0 spiro atoms. The van der Waals surface area contributed by atoms with E-state index in [0.29, 0.717) is 53.1 Å². The molecule has 4 aliphatic rings. The third kappa shape index (κ3) is 5.80. The van der Waals surface area contributed by atoms with Crippen LogP contribution < -0.4 is 0 Å². The summed E-state index contributed by atoms with van der Waals surface area (Å²) in [6.07, 6.45) is 2.01. The SMILES string of the molecule is CCC1CCC(C(=O)N2CCN(C(C)=O)[C@H](C)C2)N1C(=O)C1=C(C(C)C)N2C(=NC(C)(c3ccc(F)c(F)c3)C2c2ccc(Cl)cc2)S1. The van der Waals surface area contributed by atoms with Gasteiger partial charge in [0.2, 0.25) is 11.8 Å². The number of thioether (sulfide) groups is 1. The lowest BCUT2D eigenvalue weighted by Gasteiger charge is -2.41. The van der Waals surface area contributed by atoms with Crippen LogP contribution in [0.4, 0.5) is 8.78 Å². The van der Waals surface area contributed by atoms with Crippen molar-refractivity contribution in [2.45, 2.75) is 90.5 Å². The number of carbonyl (C=O) groups is 3. The smallest absolute Gasteiger partial charge is 0.263 e. The molecule has 3 amide bonds. The fraction of sp³-hybridized carbons (Fsp3) is 0.500. The number of aliphatic imine (C=N–C) groups is 1. The predicted molar refractivity (Wildman–Crippen MR) is 184 cm³/mol. The molecule has 6 rings (SSSR count). The van der Waals surface area contributed by atoms with E-state index in [4.69, 9.17) is 16.6 Å². The standard InChI is InChI=1S/C36H42ClF2N5O3S/c1-7-26-13-15-29(33(46)41-16-17-42(22(5)45)21(4)19-41)43(26)34(47)31-30(20(2)3)44-32(23-8-11-25(37)12-9-23)36(6,40-35(44)48-31)24-10-14-27(38)28(39)18-24/h8-12,14,18,20-21,26,29,32H,7,13,15-17,19H2,1-6H3/t21-,26?,29?,32?,36?/m1/s1. The van der Waals surface area contributed by atoms with Gasteiger partial charge in [-0.3, -0.25) is 14.4 Å². The molecule has 12 heteroatoms. The molecule has 48 heavy (non-hydrogen) atoms. The van der Waals surface area contributed by atoms with Crippen molar-refractivity contribution in [3.63, 3.8) is 0 Å². The quantitative estimate of drug-likeness (QED) is 0.336. The van der Waals surface area contributed by atoms with E-state index in [9.17, 15) is 23.2 Å². The molecule has 5 atom stereocenters. The first-order chi connectivity index (χ1) is 22.8. The zero-order valence-corrected chi connectivity index (χ0v) is 29.7. The van der Waals surface area contributed by atoms with E-state index in [0.717, 1.165) is 23.7 Å². The van der Waals surface area contributed by atoms with Crippen molar-refractivity contribution < 1.29 is 23.2 Å². The first kappa shape index (κ1) is 34.4. The van der Waals surface area contributed by atoms with Gasteiger partial charge in [0.1, 0.15) is 16.5 Å². The van der Waals surface area contributed by atoms with E-state index in [1.807, 2.05) is 46.8 Å². The second-order valence-electron chi connectivity index (χ2n) is 13.7. The van der Waals surface area contributed by atoms with Gasteiger partial charge in [-0.1, -0.05) is 50.6 Å². The zero-order chi connectivity index (χ0) is 34.7. The van der Waals surface area contributed by atoms with Gasteiger partial charge in [0, 0.05) is 49.4 Å². The van der Waals surface area contributed by atoms with Crippen molar-refractivity contribution in [3.05, 3.63) is 80.9 Å². The Morgan fingerprint density at radius 3 is 2.38 bits per heavy atom. The molecule has 0 saturated carbocycles. The summed E-state index contributed by atoms with van der Waals surface area (Å²) in [6, 6.07) is 9.98. The minimum absolute atomic E-state index is 0.00856. The lowest BCUT2D eigenvalue weighted by molar-refractivity contribution is -0.147. The van der Waals surface area contributed by atoms with E-state index >= 15 is 0 Å². The number of amides is 3. The van der Waals surface area contributed by atoms with Gasteiger partial charge < -0.3 is 19.6 Å². The summed E-state index contributed by atoms with van der Waals surface area (Å²) in [5, 5.41) is 1.16. The average molecular weight is 698 g/mol. The Kier molecular flexibility index (Phi) is 9.41. The predicted octanol–water partition coefficient (Wildman–Crippen LogP) is 6.71. The number of likely N-dealkylation sites (tertiary alicyclic amines) is 1. The molecule has 4 heterocycles. The minimum Gasteiger partial charge on any atom is -0.337 e. The van der Waals surface area contributed by atoms with E-state index in [-0.39, 0.29) is 35.7 Å². The number of hydrogen-bond acceptors (Lipinski definition) is 6. The van der Waals surface area contributed by atoms with Gasteiger partial charge in [-0.2, -0.15) is 0 Å². The number of carbonyl (C=O) groups excluding carboxylic acids is 3.